The van der Waals surface area contributed by atoms with Crippen molar-refractivity contribution in [2.24, 2.45) is 0 Å². The molecule has 0 spiro atoms. The summed E-state index contributed by atoms with van der Waals surface area (Å²) in [6.45, 7) is 3.66. The molecule has 0 bridgehead atoms. The van der Waals surface area contributed by atoms with Crippen molar-refractivity contribution in [1.82, 2.24) is 5.32 Å². The van der Waals surface area contributed by atoms with E-state index < -0.39 is 15.9 Å². The number of aryl methyl sites for hydroxylation is 2. The summed E-state index contributed by atoms with van der Waals surface area (Å²) in [5.41, 5.74) is 3.14. The highest BCUT2D eigenvalue weighted by molar-refractivity contribution is 7.92. The number of anilines is 1. The van der Waals surface area contributed by atoms with E-state index in [-0.39, 0.29) is 23.7 Å². The first-order valence-electron chi connectivity index (χ1n) is 11.8. The fourth-order valence-electron chi connectivity index (χ4n) is 4.34. The molecule has 37 heavy (non-hydrogen) atoms. The highest BCUT2D eigenvalue weighted by atomic mass is 32.2. The Bertz CT molecular complexity index is 1520. The van der Waals surface area contributed by atoms with Gasteiger partial charge in [0.15, 0.2) is 11.5 Å². The SMILES string of the molecule is COc1ccc(S(=O)(=O)N(CC(=O)NCc2cccc3ccccc23)c2cc(C)cc(C)c2)cc1OC. The molecule has 0 atom stereocenters. The second-order valence-electron chi connectivity index (χ2n) is 8.79. The molecule has 8 heteroatoms. The maximum absolute atomic E-state index is 13.9. The zero-order chi connectivity index (χ0) is 26.6. The molecule has 4 aromatic carbocycles. The molecular weight excluding hydrogens is 488 g/mol. The largest absolute Gasteiger partial charge is 0.493 e. The predicted molar refractivity (Wildman–Crippen MR) is 146 cm³/mol. The Morgan fingerprint density at radius 1 is 0.838 bits per heavy atom. The normalized spacial score (nSPS) is 11.2. The summed E-state index contributed by atoms with van der Waals surface area (Å²) < 4.78 is 39.4. The molecule has 4 rings (SSSR count). The number of nitrogens with zero attached hydrogens (tertiary/aromatic N) is 1. The number of carbonyl (C=O) groups is 1. The minimum Gasteiger partial charge on any atom is -0.493 e. The minimum atomic E-state index is -4.12. The van der Waals surface area contributed by atoms with Crippen molar-refractivity contribution >= 4 is 32.4 Å². The maximum atomic E-state index is 13.9. The number of hydrogen-bond donors (Lipinski definition) is 1. The van der Waals surface area contributed by atoms with Crippen LogP contribution >= 0.6 is 0 Å². The molecule has 0 unspecified atom stereocenters. The summed E-state index contributed by atoms with van der Waals surface area (Å²) >= 11 is 0. The van der Waals surface area contributed by atoms with E-state index in [1.807, 2.05) is 62.4 Å². The topological polar surface area (TPSA) is 84.9 Å². The van der Waals surface area contributed by atoms with Crippen LogP contribution in [0, 0.1) is 13.8 Å². The summed E-state index contributed by atoms with van der Waals surface area (Å²) in [4.78, 5) is 13.1. The third-order valence-corrected chi connectivity index (χ3v) is 7.85. The molecule has 0 saturated heterocycles. The molecule has 0 fully saturated rings. The Morgan fingerprint density at radius 3 is 2.22 bits per heavy atom. The van der Waals surface area contributed by atoms with Gasteiger partial charge < -0.3 is 14.8 Å². The number of fused-ring (bicyclic) bond motifs is 1. The van der Waals surface area contributed by atoms with Crippen LogP contribution in [0.4, 0.5) is 5.69 Å². The van der Waals surface area contributed by atoms with E-state index in [1.54, 1.807) is 12.1 Å². The molecule has 0 saturated carbocycles. The summed E-state index contributed by atoms with van der Waals surface area (Å²) in [6.07, 6.45) is 0. The van der Waals surface area contributed by atoms with Crippen molar-refractivity contribution < 1.29 is 22.7 Å². The number of methoxy groups -OCH3 is 2. The lowest BCUT2D eigenvalue weighted by atomic mass is 10.0. The lowest BCUT2D eigenvalue weighted by Gasteiger charge is -2.25. The van der Waals surface area contributed by atoms with Crippen LogP contribution < -0.4 is 19.1 Å². The second kappa shape index (κ2) is 10.9. The van der Waals surface area contributed by atoms with Gasteiger partial charge in [0.2, 0.25) is 5.91 Å². The van der Waals surface area contributed by atoms with Gasteiger partial charge in [-0.25, -0.2) is 8.42 Å². The summed E-state index contributed by atoms with van der Waals surface area (Å²) in [5.74, 6) is 0.271. The smallest absolute Gasteiger partial charge is 0.264 e. The maximum Gasteiger partial charge on any atom is 0.264 e. The van der Waals surface area contributed by atoms with Gasteiger partial charge in [0.25, 0.3) is 10.0 Å². The highest BCUT2D eigenvalue weighted by Gasteiger charge is 2.28. The van der Waals surface area contributed by atoms with Gasteiger partial charge in [0.1, 0.15) is 6.54 Å². The van der Waals surface area contributed by atoms with E-state index in [4.69, 9.17) is 9.47 Å². The quantitative estimate of drug-likeness (QED) is 0.338. The van der Waals surface area contributed by atoms with Gasteiger partial charge in [-0.3, -0.25) is 9.10 Å². The van der Waals surface area contributed by atoms with E-state index in [0.717, 1.165) is 31.8 Å². The van der Waals surface area contributed by atoms with E-state index >= 15 is 0 Å². The number of nitrogens with one attached hydrogen (secondary N) is 1. The fraction of sp³-hybridized carbons (Fsp3) is 0.207. The van der Waals surface area contributed by atoms with Gasteiger partial charge in [-0.2, -0.15) is 0 Å². The summed E-state index contributed by atoms with van der Waals surface area (Å²) in [6, 6.07) is 23.7. The third kappa shape index (κ3) is 5.70. The monoisotopic (exact) mass is 518 g/mol. The Balaban J connectivity index is 1.66. The van der Waals surface area contributed by atoms with Crippen LogP contribution in [0.25, 0.3) is 10.8 Å². The standard InChI is InChI=1S/C29H30N2O5S/c1-20-14-21(2)16-24(15-20)31(37(33,34)25-12-13-27(35-3)28(17-25)36-4)19-29(32)30-18-23-10-7-9-22-8-5-6-11-26(22)23/h5-17H,18-19H2,1-4H3,(H,30,32). The predicted octanol–water partition coefficient (Wildman–Crippen LogP) is 4.99. The van der Waals surface area contributed by atoms with Crippen LogP contribution in [-0.2, 0) is 21.4 Å². The molecule has 1 N–H and O–H groups in total. The Kier molecular flexibility index (Phi) is 7.69. The summed E-state index contributed by atoms with van der Waals surface area (Å²) in [7, 11) is -1.20. The number of rotatable bonds is 9. The number of hydrogen-bond acceptors (Lipinski definition) is 5. The van der Waals surface area contributed by atoms with Crippen LogP contribution in [0.15, 0.2) is 83.8 Å². The molecular formula is C29H30N2O5S. The minimum absolute atomic E-state index is 0.00818. The van der Waals surface area contributed by atoms with Crippen LogP contribution in [-0.4, -0.2) is 35.1 Å². The van der Waals surface area contributed by atoms with Crippen molar-refractivity contribution in [3.63, 3.8) is 0 Å². The Morgan fingerprint density at radius 2 is 1.51 bits per heavy atom. The zero-order valence-electron chi connectivity index (χ0n) is 21.3. The molecule has 0 aromatic heterocycles. The highest BCUT2D eigenvalue weighted by Crippen LogP contribution is 2.32. The zero-order valence-corrected chi connectivity index (χ0v) is 22.1. The average molecular weight is 519 g/mol. The third-order valence-electron chi connectivity index (χ3n) is 6.08. The Labute approximate surface area is 217 Å². The van der Waals surface area contributed by atoms with Crippen molar-refractivity contribution in [1.29, 1.82) is 0 Å². The van der Waals surface area contributed by atoms with E-state index in [0.29, 0.717) is 11.4 Å². The fourth-order valence-corrected chi connectivity index (χ4v) is 5.76. The number of benzene rings is 4. The number of ether oxygens (including phenoxy) is 2. The molecule has 4 aromatic rings. The summed E-state index contributed by atoms with van der Waals surface area (Å²) in [5, 5.41) is 5.00. The van der Waals surface area contributed by atoms with E-state index in [9.17, 15) is 13.2 Å². The number of sulfonamides is 1. The first kappa shape index (κ1) is 26.0. The van der Waals surface area contributed by atoms with Crippen molar-refractivity contribution in [2.45, 2.75) is 25.3 Å². The van der Waals surface area contributed by atoms with Crippen molar-refractivity contribution in [2.75, 3.05) is 25.1 Å². The van der Waals surface area contributed by atoms with Crippen LogP contribution in [0.1, 0.15) is 16.7 Å². The van der Waals surface area contributed by atoms with Crippen molar-refractivity contribution in [3.8, 4) is 11.5 Å². The van der Waals surface area contributed by atoms with Gasteiger partial charge in [-0.1, -0.05) is 48.5 Å². The van der Waals surface area contributed by atoms with E-state index in [2.05, 4.69) is 5.32 Å². The van der Waals surface area contributed by atoms with Crippen LogP contribution in [0.3, 0.4) is 0 Å². The van der Waals surface area contributed by atoms with E-state index in [1.165, 1.54) is 32.4 Å². The van der Waals surface area contributed by atoms with Crippen LogP contribution in [0.5, 0.6) is 11.5 Å². The van der Waals surface area contributed by atoms with Gasteiger partial charge in [0, 0.05) is 12.6 Å². The van der Waals surface area contributed by atoms with Crippen molar-refractivity contribution in [3.05, 3.63) is 95.6 Å². The molecule has 0 aliphatic rings. The molecule has 0 radical (unpaired) electrons. The second-order valence-corrected chi connectivity index (χ2v) is 10.7. The van der Waals surface area contributed by atoms with Crippen LogP contribution in [0.2, 0.25) is 0 Å². The van der Waals surface area contributed by atoms with Gasteiger partial charge >= 0.3 is 0 Å². The van der Waals surface area contributed by atoms with Gasteiger partial charge in [-0.05, 0) is 65.6 Å². The molecule has 192 valence electrons. The number of amides is 1. The average Bonchev–Trinajstić information content (AvgIpc) is 2.89. The molecule has 0 aliphatic carbocycles. The molecule has 0 aliphatic heterocycles. The van der Waals surface area contributed by atoms with Gasteiger partial charge in [-0.15, -0.1) is 0 Å². The molecule has 7 nitrogen and oxygen atoms in total. The first-order chi connectivity index (χ1) is 17.7. The Hall–Kier alpha value is -4.04. The molecule has 1 amide bonds. The molecule has 0 heterocycles. The first-order valence-corrected chi connectivity index (χ1v) is 13.2. The lowest BCUT2D eigenvalue weighted by Crippen LogP contribution is -2.40. The number of carbonyl (C=O) groups excluding carboxylic acids is 1. The van der Waals surface area contributed by atoms with Gasteiger partial charge in [0.05, 0.1) is 24.8 Å². The lowest BCUT2D eigenvalue weighted by molar-refractivity contribution is -0.119.